The van der Waals surface area contributed by atoms with E-state index in [9.17, 15) is 5.11 Å². The lowest BCUT2D eigenvalue weighted by atomic mass is 10.0. The molecule has 3 heteroatoms. The highest BCUT2D eigenvalue weighted by Gasteiger charge is 2.17. The van der Waals surface area contributed by atoms with Crippen molar-refractivity contribution in [1.29, 1.82) is 0 Å². The fourth-order valence-corrected chi connectivity index (χ4v) is 3.64. The van der Waals surface area contributed by atoms with Crippen LogP contribution in [0.15, 0.2) is 6.20 Å². The van der Waals surface area contributed by atoms with Gasteiger partial charge in [0.25, 0.3) is 5.82 Å². The van der Waals surface area contributed by atoms with Gasteiger partial charge in [-0.1, -0.05) is 84.0 Å². The first-order valence-corrected chi connectivity index (χ1v) is 10.9. The Bertz CT molecular complexity index is 426. The van der Waals surface area contributed by atoms with Crippen LogP contribution in [0, 0.1) is 6.92 Å². The number of hydrogen-bond donors (Lipinski definition) is 2. The lowest BCUT2D eigenvalue weighted by Crippen LogP contribution is -2.39. The molecule has 0 saturated carbocycles. The molecule has 0 aliphatic heterocycles. The van der Waals surface area contributed by atoms with E-state index in [0.717, 1.165) is 18.1 Å². The van der Waals surface area contributed by atoms with E-state index in [-0.39, 0.29) is 0 Å². The van der Waals surface area contributed by atoms with Crippen molar-refractivity contribution >= 4 is 0 Å². The van der Waals surface area contributed by atoms with Gasteiger partial charge in [0.2, 0.25) is 0 Å². The normalized spacial score (nSPS) is 12.6. The molecule has 0 radical (unpaired) electrons. The van der Waals surface area contributed by atoms with E-state index in [4.69, 9.17) is 0 Å². The number of rotatable bonds is 16. The Hall–Kier alpha value is -0.830. The van der Waals surface area contributed by atoms with Gasteiger partial charge < -0.3 is 5.11 Å². The highest BCUT2D eigenvalue weighted by molar-refractivity contribution is 4.93. The van der Waals surface area contributed by atoms with Crippen molar-refractivity contribution in [3.63, 3.8) is 0 Å². The average molecular weight is 352 g/mol. The van der Waals surface area contributed by atoms with Crippen molar-refractivity contribution in [2.24, 2.45) is 0 Å². The third-order valence-corrected chi connectivity index (χ3v) is 5.31. The third kappa shape index (κ3) is 10.0. The van der Waals surface area contributed by atoms with E-state index in [0.29, 0.717) is 0 Å². The number of aryl methyl sites for hydroxylation is 1. The van der Waals surface area contributed by atoms with Gasteiger partial charge in [0.1, 0.15) is 12.3 Å². The van der Waals surface area contributed by atoms with Gasteiger partial charge >= 0.3 is 0 Å². The second-order valence-electron chi connectivity index (χ2n) is 7.72. The van der Waals surface area contributed by atoms with Crippen LogP contribution in [0.5, 0.6) is 0 Å². The van der Waals surface area contributed by atoms with E-state index in [1.807, 2.05) is 13.1 Å². The molecule has 146 valence electrons. The average Bonchev–Trinajstić information content (AvgIpc) is 2.96. The number of aromatic nitrogens is 2. The largest absolute Gasteiger partial charge is 0.385 e. The number of nitrogens with one attached hydrogen (secondary N) is 1. The second-order valence-corrected chi connectivity index (χ2v) is 7.72. The summed E-state index contributed by atoms with van der Waals surface area (Å²) in [5.41, 5.74) is 1.01. The summed E-state index contributed by atoms with van der Waals surface area (Å²) in [4.78, 5) is 3.22. The molecular formula is C22H43N2O+. The first kappa shape index (κ1) is 22.2. The van der Waals surface area contributed by atoms with Crippen LogP contribution in [0.1, 0.15) is 121 Å². The molecular weight excluding hydrogens is 308 g/mol. The molecule has 3 nitrogen and oxygen atoms in total. The van der Waals surface area contributed by atoms with E-state index in [2.05, 4.69) is 23.4 Å². The zero-order valence-corrected chi connectivity index (χ0v) is 17.2. The van der Waals surface area contributed by atoms with Crippen LogP contribution in [0.4, 0.5) is 0 Å². The molecule has 1 atom stereocenters. The smallest absolute Gasteiger partial charge is 0.251 e. The van der Waals surface area contributed by atoms with Gasteiger partial charge in [-0.2, -0.15) is 0 Å². The van der Waals surface area contributed by atoms with Crippen molar-refractivity contribution in [2.75, 3.05) is 0 Å². The Balaban J connectivity index is 1.90. The van der Waals surface area contributed by atoms with Crippen LogP contribution in [0.25, 0.3) is 0 Å². The maximum absolute atomic E-state index is 9.79. The number of aromatic amines is 1. The zero-order chi connectivity index (χ0) is 18.3. The van der Waals surface area contributed by atoms with Gasteiger partial charge in [0.05, 0.1) is 6.54 Å². The van der Waals surface area contributed by atoms with Crippen LogP contribution < -0.4 is 4.57 Å². The zero-order valence-electron chi connectivity index (χ0n) is 17.2. The van der Waals surface area contributed by atoms with E-state index < -0.39 is 6.10 Å². The second kappa shape index (κ2) is 14.4. The predicted molar refractivity (Wildman–Crippen MR) is 107 cm³/mol. The minimum absolute atomic E-state index is 0.392. The number of H-pyrrole nitrogens is 1. The summed E-state index contributed by atoms with van der Waals surface area (Å²) >= 11 is 0. The summed E-state index contributed by atoms with van der Waals surface area (Å²) in [6.07, 6.45) is 21.1. The van der Waals surface area contributed by atoms with Crippen LogP contribution in [-0.4, -0.2) is 10.1 Å². The van der Waals surface area contributed by atoms with Gasteiger partial charge in [-0.25, -0.2) is 9.55 Å². The molecule has 0 bridgehead atoms. The van der Waals surface area contributed by atoms with Crippen molar-refractivity contribution in [1.82, 2.24) is 4.98 Å². The molecule has 0 saturated heterocycles. The van der Waals surface area contributed by atoms with Crippen molar-refractivity contribution in [3.05, 3.63) is 17.7 Å². The van der Waals surface area contributed by atoms with Gasteiger partial charge in [-0.15, -0.1) is 0 Å². The molecule has 0 amide bonds. The Kier molecular flexibility index (Phi) is 12.8. The van der Waals surface area contributed by atoms with Gasteiger partial charge in [-0.05, 0) is 19.8 Å². The summed E-state index contributed by atoms with van der Waals surface area (Å²) in [6.45, 7) is 7.22. The van der Waals surface area contributed by atoms with Gasteiger partial charge in [0, 0.05) is 6.92 Å². The quantitative estimate of drug-likeness (QED) is 0.272. The maximum atomic E-state index is 9.79. The van der Waals surface area contributed by atoms with E-state index in [1.54, 1.807) is 0 Å². The Morgan fingerprint density at radius 3 is 1.72 bits per heavy atom. The minimum atomic E-state index is -0.392. The SMILES string of the molecule is CCCCCCCCCCCCCCCC[n+]1c(C(C)O)c[nH]c1C. The lowest BCUT2D eigenvalue weighted by molar-refractivity contribution is -0.711. The van der Waals surface area contributed by atoms with Crippen molar-refractivity contribution in [2.45, 2.75) is 123 Å². The molecule has 1 unspecified atom stereocenters. The summed E-state index contributed by atoms with van der Waals surface area (Å²) in [5.74, 6) is 1.14. The van der Waals surface area contributed by atoms with Crippen LogP contribution in [0.3, 0.4) is 0 Å². The molecule has 1 rings (SSSR count). The number of unbranched alkanes of at least 4 members (excludes halogenated alkanes) is 13. The highest BCUT2D eigenvalue weighted by Crippen LogP contribution is 2.13. The summed E-state index contributed by atoms with van der Waals surface area (Å²) in [7, 11) is 0. The predicted octanol–water partition coefficient (Wildman–Crippen LogP) is 6.15. The Morgan fingerprint density at radius 1 is 0.840 bits per heavy atom. The lowest BCUT2D eigenvalue weighted by Gasteiger charge is -2.06. The highest BCUT2D eigenvalue weighted by atomic mass is 16.3. The van der Waals surface area contributed by atoms with Gasteiger partial charge in [-0.3, -0.25) is 0 Å². The monoisotopic (exact) mass is 351 g/mol. The molecule has 0 aliphatic rings. The Labute approximate surface area is 156 Å². The molecule has 1 aromatic heterocycles. The summed E-state index contributed by atoms with van der Waals surface area (Å²) < 4.78 is 2.23. The van der Waals surface area contributed by atoms with Crippen molar-refractivity contribution < 1.29 is 9.67 Å². The molecule has 0 aliphatic carbocycles. The Morgan fingerprint density at radius 2 is 1.28 bits per heavy atom. The van der Waals surface area contributed by atoms with E-state index in [1.165, 1.54) is 89.9 Å². The number of aliphatic hydroxyl groups excluding tert-OH is 1. The first-order chi connectivity index (χ1) is 12.2. The third-order valence-electron chi connectivity index (χ3n) is 5.31. The minimum Gasteiger partial charge on any atom is -0.385 e. The van der Waals surface area contributed by atoms with Crippen LogP contribution in [0.2, 0.25) is 0 Å². The first-order valence-electron chi connectivity index (χ1n) is 10.9. The summed E-state index contributed by atoms with van der Waals surface area (Å²) in [5, 5.41) is 9.79. The maximum Gasteiger partial charge on any atom is 0.251 e. The standard InChI is InChI=1S/C22H42N2O/c1-4-5-6-7-8-9-10-11-12-13-14-15-16-17-18-24-21(3)23-19-22(24)20(2)25/h19-20,25H,4-18H2,1-3H3/p+1. The summed E-state index contributed by atoms with van der Waals surface area (Å²) in [6, 6.07) is 0. The number of imidazole rings is 1. The molecule has 1 aromatic rings. The molecule has 1 heterocycles. The number of nitrogens with zero attached hydrogens (tertiary/aromatic N) is 1. The number of hydrogen-bond acceptors (Lipinski definition) is 1. The van der Waals surface area contributed by atoms with Gasteiger partial charge in [0.15, 0.2) is 5.69 Å². The fraction of sp³-hybridized carbons (Fsp3) is 0.864. The molecule has 0 aromatic carbocycles. The molecule has 25 heavy (non-hydrogen) atoms. The molecule has 2 N–H and O–H groups in total. The van der Waals surface area contributed by atoms with Crippen LogP contribution >= 0.6 is 0 Å². The van der Waals surface area contributed by atoms with Crippen molar-refractivity contribution in [3.8, 4) is 0 Å². The van der Waals surface area contributed by atoms with Crippen LogP contribution in [-0.2, 0) is 6.54 Å². The fourth-order valence-electron chi connectivity index (χ4n) is 3.64. The molecule has 0 fully saturated rings. The van der Waals surface area contributed by atoms with E-state index >= 15 is 0 Å². The number of aliphatic hydroxyl groups is 1. The molecule has 0 spiro atoms. The topological polar surface area (TPSA) is 39.9 Å².